The van der Waals surface area contributed by atoms with Gasteiger partial charge in [-0.15, -0.1) is 0 Å². The average Bonchev–Trinajstić information content (AvgIpc) is 3.05. The molecular formula is C13H13F3N2. The van der Waals surface area contributed by atoms with E-state index in [-0.39, 0.29) is 0 Å². The highest BCUT2D eigenvalue weighted by Gasteiger charge is 2.32. The molecule has 0 saturated heterocycles. The molecule has 2 aromatic rings. The van der Waals surface area contributed by atoms with Crippen molar-refractivity contribution in [2.75, 3.05) is 0 Å². The maximum Gasteiger partial charge on any atom is 0.416 e. The number of alkyl halides is 3. The van der Waals surface area contributed by atoms with E-state index in [9.17, 15) is 13.2 Å². The third kappa shape index (κ3) is 1.98. The Labute approximate surface area is 102 Å². The maximum absolute atomic E-state index is 12.6. The van der Waals surface area contributed by atoms with E-state index in [1.165, 1.54) is 18.9 Å². The second kappa shape index (κ2) is 3.73. The van der Waals surface area contributed by atoms with Gasteiger partial charge < -0.3 is 4.98 Å². The van der Waals surface area contributed by atoms with Crippen molar-refractivity contribution >= 4 is 11.0 Å². The monoisotopic (exact) mass is 254 g/mol. The summed E-state index contributed by atoms with van der Waals surface area (Å²) in [6, 6.07) is 3.64. The Morgan fingerprint density at radius 2 is 2.06 bits per heavy atom. The summed E-state index contributed by atoms with van der Waals surface area (Å²) in [5.41, 5.74) is 0.432. The largest absolute Gasteiger partial charge is 0.416 e. The van der Waals surface area contributed by atoms with E-state index in [2.05, 4.69) is 16.9 Å². The van der Waals surface area contributed by atoms with Gasteiger partial charge in [0.2, 0.25) is 0 Å². The molecule has 1 aromatic heterocycles. The first-order chi connectivity index (χ1) is 8.45. The Morgan fingerprint density at radius 3 is 2.67 bits per heavy atom. The van der Waals surface area contributed by atoms with Gasteiger partial charge in [0.25, 0.3) is 0 Å². The van der Waals surface area contributed by atoms with E-state index in [1.54, 1.807) is 0 Å². The molecule has 1 fully saturated rings. The SMILES string of the molecule is CC(c1nc2ccc(C(F)(F)F)cc2[nH]1)C1CC1. The third-order valence-electron chi connectivity index (χ3n) is 3.59. The van der Waals surface area contributed by atoms with Crippen LogP contribution in [-0.2, 0) is 6.18 Å². The topological polar surface area (TPSA) is 28.7 Å². The number of hydrogen-bond acceptors (Lipinski definition) is 1. The summed E-state index contributed by atoms with van der Waals surface area (Å²) in [5.74, 6) is 1.73. The van der Waals surface area contributed by atoms with Crippen LogP contribution in [0.2, 0.25) is 0 Å². The molecule has 2 nitrogen and oxygen atoms in total. The molecule has 0 radical (unpaired) electrons. The minimum Gasteiger partial charge on any atom is -0.342 e. The summed E-state index contributed by atoms with van der Waals surface area (Å²) in [7, 11) is 0. The van der Waals surface area contributed by atoms with Gasteiger partial charge in [-0.1, -0.05) is 6.92 Å². The summed E-state index contributed by atoms with van der Waals surface area (Å²) < 4.78 is 37.8. The van der Waals surface area contributed by atoms with Gasteiger partial charge in [0.1, 0.15) is 5.82 Å². The summed E-state index contributed by atoms with van der Waals surface area (Å²) in [6.45, 7) is 2.07. The standard InChI is InChI=1S/C13H13F3N2/c1-7(8-2-3-8)12-17-10-5-4-9(13(14,15)16)6-11(10)18-12/h4-8H,2-3H2,1H3,(H,17,18). The van der Waals surface area contributed by atoms with Crippen LogP contribution in [0.5, 0.6) is 0 Å². The summed E-state index contributed by atoms with van der Waals surface area (Å²) in [6.07, 6.45) is -1.93. The zero-order valence-electron chi connectivity index (χ0n) is 9.88. The molecule has 0 bridgehead atoms. The molecule has 1 unspecified atom stereocenters. The van der Waals surface area contributed by atoms with Crippen LogP contribution in [0.3, 0.4) is 0 Å². The fourth-order valence-corrected chi connectivity index (χ4v) is 2.24. The third-order valence-corrected chi connectivity index (χ3v) is 3.59. The van der Waals surface area contributed by atoms with Gasteiger partial charge in [0, 0.05) is 5.92 Å². The molecule has 1 N–H and O–H groups in total. The summed E-state index contributed by atoms with van der Waals surface area (Å²) in [4.78, 5) is 7.39. The molecule has 1 atom stereocenters. The highest BCUT2D eigenvalue weighted by molar-refractivity contribution is 5.76. The van der Waals surface area contributed by atoms with Gasteiger partial charge in [-0.25, -0.2) is 4.98 Å². The number of fused-ring (bicyclic) bond motifs is 1. The zero-order valence-corrected chi connectivity index (χ0v) is 9.88. The van der Waals surface area contributed by atoms with E-state index in [4.69, 9.17) is 0 Å². The van der Waals surface area contributed by atoms with Crippen molar-refractivity contribution in [3.05, 3.63) is 29.6 Å². The number of imidazole rings is 1. The van der Waals surface area contributed by atoms with Crippen LogP contribution in [0.4, 0.5) is 13.2 Å². The van der Waals surface area contributed by atoms with Crippen molar-refractivity contribution < 1.29 is 13.2 Å². The minimum atomic E-state index is -4.30. The van der Waals surface area contributed by atoms with Crippen LogP contribution in [0.15, 0.2) is 18.2 Å². The number of halogens is 3. The number of benzene rings is 1. The number of aromatic nitrogens is 2. The fraction of sp³-hybridized carbons (Fsp3) is 0.462. The second-order valence-corrected chi connectivity index (χ2v) is 4.98. The Morgan fingerprint density at radius 1 is 1.33 bits per heavy atom. The van der Waals surface area contributed by atoms with Crippen LogP contribution in [-0.4, -0.2) is 9.97 Å². The normalized spacial score (nSPS) is 18.2. The average molecular weight is 254 g/mol. The number of H-pyrrole nitrogens is 1. The Hall–Kier alpha value is -1.52. The predicted octanol–water partition coefficient (Wildman–Crippen LogP) is 4.10. The van der Waals surface area contributed by atoms with E-state index in [0.29, 0.717) is 22.9 Å². The van der Waals surface area contributed by atoms with E-state index < -0.39 is 11.7 Å². The molecule has 96 valence electrons. The van der Waals surface area contributed by atoms with Gasteiger partial charge in [0.05, 0.1) is 16.6 Å². The van der Waals surface area contributed by atoms with Crippen LogP contribution in [0.25, 0.3) is 11.0 Å². The first-order valence-electron chi connectivity index (χ1n) is 6.02. The molecule has 0 amide bonds. The second-order valence-electron chi connectivity index (χ2n) is 4.98. The van der Waals surface area contributed by atoms with Crippen molar-refractivity contribution in [2.24, 2.45) is 5.92 Å². The number of rotatable bonds is 2. The van der Waals surface area contributed by atoms with Gasteiger partial charge in [-0.2, -0.15) is 13.2 Å². The molecule has 1 aliphatic rings. The Bertz CT molecular complexity index is 581. The van der Waals surface area contributed by atoms with Gasteiger partial charge in [0.15, 0.2) is 0 Å². The zero-order chi connectivity index (χ0) is 12.9. The molecule has 5 heteroatoms. The lowest BCUT2D eigenvalue weighted by Crippen LogP contribution is -2.04. The predicted molar refractivity (Wildman–Crippen MR) is 62.2 cm³/mol. The van der Waals surface area contributed by atoms with Crippen LogP contribution < -0.4 is 0 Å². The van der Waals surface area contributed by atoms with Crippen molar-refractivity contribution in [3.8, 4) is 0 Å². The first kappa shape index (κ1) is 11.6. The quantitative estimate of drug-likeness (QED) is 0.858. The van der Waals surface area contributed by atoms with Gasteiger partial charge in [-0.05, 0) is 37.0 Å². The van der Waals surface area contributed by atoms with Gasteiger partial charge in [-0.3, -0.25) is 0 Å². The number of nitrogens with zero attached hydrogens (tertiary/aromatic N) is 1. The number of aromatic amines is 1. The first-order valence-corrected chi connectivity index (χ1v) is 6.02. The molecule has 1 aromatic carbocycles. The molecule has 3 rings (SSSR count). The summed E-state index contributed by atoms with van der Waals surface area (Å²) >= 11 is 0. The van der Waals surface area contributed by atoms with Gasteiger partial charge >= 0.3 is 6.18 Å². The van der Waals surface area contributed by atoms with E-state index >= 15 is 0 Å². The van der Waals surface area contributed by atoms with Crippen molar-refractivity contribution in [3.63, 3.8) is 0 Å². The van der Waals surface area contributed by atoms with Crippen molar-refractivity contribution in [1.29, 1.82) is 0 Å². The highest BCUT2D eigenvalue weighted by Crippen LogP contribution is 2.41. The molecule has 0 spiro atoms. The molecule has 1 heterocycles. The Kier molecular flexibility index (Phi) is 2.40. The smallest absolute Gasteiger partial charge is 0.342 e. The van der Waals surface area contributed by atoms with E-state index in [0.717, 1.165) is 18.0 Å². The molecule has 1 aliphatic carbocycles. The van der Waals surface area contributed by atoms with Crippen molar-refractivity contribution in [2.45, 2.75) is 31.9 Å². The lowest BCUT2D eigenvalue weighted by atomic mass is 10.1. The molecule has 0 aliphatic heterocycles. The molecular weight excluding hydrogens is 241 g/mol. The summed E-state index contributed by atoms with van der Waals surface area (Å²) in [5, 5.41) is 0. The number of hydrogen-bond donors (Lipinski definition) is 1. The van der Waals surface area contributed by atoms with Crippen LogP contribution in [0.1, 0.15) is 37.1 Å². The minimum absolute atomic E-state index is 0.298. The molecule has 18 heavy (non-hydrogen) atoms. The molecule has 1 saturated carbocycles. The lowest BCUT2D eigenvalue weighted by molar-refractivity contribution is -0.137. The maximum atomic E-state index is 12.6. The van der Waals surface area contributed by atoms with E-state index in [1.807, 2.05) is 0 Å². The highest BCUT2D eigenvalue weighted by atomic mass is 19.4. The lowest BCUT2D eigenvalue weighted by Gasteiger charge is -2.05. The Balaban J connectivity index is 2.01. The van der Waals surface area contributed by atoms with Crippen molar-refractivity contribution in [1.82, 2.24) is 9.97 Å². The van der Waals surface area contributed by atoms with Crippen LogP contribution in [0, 0.1) is 5.92 Å². The fourth-order valence-electron chi connectivity index (χ4n) is 2.24. The van der Waals surface area contributed by atoms with Crippen LogP contribution >= 0.6 is 0 Å². The number of nitrogens with one attached hydrogen (secondary N) is 1.